The molecular formula is C16H16Cl2N4O3S. The lowest BCUT2D eigenvalue weighted by Gasteiger charge is -2.26. The molecule has 1 saturated heterocycles. The van der Waals surface area contributed by atoms with Gasteiger partial charge in [-0.2, -0.15) is 0 Å². The predicted octanol–water partition coefficient (Wildman–Crippen LogP) is 2.78. The molecule has 7 nitrogen and oxygen atoms in total. The number of thiazole rings is 1. The molecule has 1 aromatic carbocycles. The molecule has 3 rings (SSSR count). The standard InChI is InChI=1S/C16H16Cl2N4O3S/c17-10-1-2-11(18)12(7-10)20-16-21-13(9-26-16)15(24)19-8-14(23)22-3-5-25-6-4-22/h1-2,7,9H,3-6,8H2,(H,19,24)(H,20,21). The largest absolute Gasteiger partial charge is 0.378 e. The molecule has 2 amide bonds. The summed E-state index contributed by atoms with van der Waals surface area (Å²) in [6, 6.07) is 5.03. The van der Waals surface area contributed by atoms with Crippen LogP contribution in [0.4, 0.5) is 10.8 Å². The van der Waals surface area contributed by atoms with Gasteiger partial charge in [0.05, 0.1) is 30.5 Å². The van der Waals surface area contributed by atoms with Crippen molar-refractivity contribution < 1.29 is 14.3 Å². The van der Waals surface area contributed by atoms with E-state index in [0.717, 1.165) is 0 Å². The average Bonchev–Trinajstić information content (AvgIpc) is 3.12. The summed E-state index contributed by atoms with van der Waals surface area (Å²) < 4.78 is 5.20. The molecule has 0 spiro atoms. The van der Waals surface area contributed by atoms with E-state index in [9.17, 15) is 9.59 Å². The summed E-state index contributed by atoms with van der Waals surface area (Å²) in [7, 11) is 0. The van der Waals surface area contributed by atoms with Crippen LogP contribution in [0.15, 0.2) is 23.6 Å². The van der Waals surface area contributed by atoms with Crippen molar-refractivity contribution in [3.8, 4) is 0 Å². The van der Waals surface area contributed by atoms with Gasteiger partial charge in [-0.25, -0.2) is 4.98 Å². The zero-order chi connectivity index (χ0) is 18.5. The van der Waals surface area contributed by atoms with E-state index >= 15 is 0 Å². The Labute approximate surface area is 164 Å². The van der Waals surface area contributed by atoms with E-state index in [0.29, 0.717) is 47.2 Å². The first-order chi connectivity index (χ1) is 12.5. The molecule has 0 radical (unpaired) electrons. The van der Waals surface area contributed by atoms with Gasteiger partial charge in [0.15, 0.2) is 5.13 Å². The smallest absolute Gasteiger partial charge is 0.271 e. The summed E-state index contributed by atoms with van der Waals surface area (Å²) in [6.07, 6.45) is 0. The van der Waals surface area contributed by atoms with Gasteiger partial charge in [-0.05, 0) is 18.2 Å². The van der Waals surface area contributed by atoms with Gasteiger partial charge in [0.1, 0.15) is 5.69 Å². The molecule has 0 bridgehead atoms. The Morgan fingerprint density at radius 2 is 2.04 bits per heavy atom. The van der Waals surface area contributed by atoms with Crippen LogP contribution in [0.1, 0.15) is 10.5 Å². The summed E-state index contributed by atoms with van der Waals surface area (Å²) in [5, 5.41) is 8.75. The summed E-state index contributed by atoms with van der Waals surface area (Å²) in [6.45, 7) is 2.05. The molecule has 0 atom stereocenters. The molecule has 10 heteroatoms. The maximum absolute atomic E-state index is 12.2. The van der Waals surface area contributed by atoms with Gasteiger partial charge >= 0.3 is 0 Å². The molecule has 0 aliphatic carbocycles. The van der Waals surface area contributed by atoms with Crippen LogP contribution >= 0.6 is 34.5 Å². The Hall–Kier alpha value is -1.87. The number of carbonyl (C=O) groups is 2. The summed E-state index contributed by atoms with van der Waals surface area (Å²) in [5.74, 6) is -0.547. The molecule has 2 heterocycles. The highest BCUT2D eigenvalue weighted by Crippen LogP contribution is 2.29. The molecular weight excluding hydrogens is 399 g/mol. The first-order valence-electron chi connectivity index (χ1n) is 7.84. The number of halogens is 2. The number of benzene rings is 1. The maximum atomic E-state index is 12.2. The van der Waals surface area contributed by atoms with Crippen molar-refractivity contribution in [2.75, 3.05) is 38.2 Å². The van der Waals surface area contributed by atoms with Crippen molar-refractivity contribution in [1.82, 2.24) is 15.2 Å². The fraction of sp³-hybridized carbons (Fsp3) is 0.312. The average molecular weight is 415 g/mol. The van der Waals surface area contributed by atoms with Gasteiger partial charge in [-0.3, -0.25) is 9.59 Å². The second-order valence-corrected chi connectivity index (χ2v) is 7.16. The fourth-order valence-corrected chi connectivity index (χ4v) is 3.35. The third kappa shape index (κ3) is 4.85. The normalized spacial score (nSPS) is 14.2. The van der Waals surface area contributed by atoms with E-state index in [1.54, 1.807) is 28.5 Å². The number of amides is 2. The number of morpholine rings is 1. The van der Waals surface area contributed by atoms with Gasteiger partial charge in [-0.15, -0.1) is 11.3 Å². The van der Waals surface area contributed by atoms with Crippen molar-refractivity contribution in [2.24, 2.45) is 0 Å². The number of ether oxygens (including phenoxy) is 1. The highest BCUT2D eigenvalue weighted by molar-refractivity contribution is 7.14. The van der Waals surface area contributed by atoms with E-state index in [-0.39, 0.29) is 18.1 Å². The molecule has 1 aliphatic heterocycles. The topological polar surface area (TPSA) is 83.6 Å². The summed E-state index contributed by atoms with van der Waals surface area (Å²) in [5.41, 5.74) is 0.827. The molecule has 1 aliphatic rings. The van der Waals surface area contributed by atoms with Crippen LogP contribution in [-0.2, 0) is 9.53 Å². The SMILES string of the molecule is O=C(NCC(=O)N1CCOCC1)c1csc(Nc2cc(Cl)ccc2Cl)n1. The number of hydrogen-bond acceptors (Lipinski definition) is 6. The highest BCUT2D eigenvalue weighted by atomic mass is 35.5. The van der Waals surface area contributed by atoms with Crippen molar-refractivity contribution >= 4 is 57.2 Å². The molecule has 0 saturated carbocycles. The van der Waals surface area contributed by atoms with Gasteiger partial charge in [0.2, 0.25) is 5.91 Å². The van der Waals surface area contributed by atoms with Crippen molar-refractivity contribution in [3.63, 3.8) is 0 Å². The first kappa shape index (κ1) is 18.9. The minimum Gasteiger partial charge on any atom is -0.378 e. The third-order valence-electron chi connectivity index (χ3n) is 3.67. The highest BCUT2D eigenvalue weighted by Gasteiger charge is 2.18. The monoisotopic (exact) mass is 414 g/mol. The van der Waals surface area contributed by atoms with Gasteiger partial charge in [0.25, 0.3) is 5.91 Å². The number of hydrogen-bond donors (Lipinski definition) is 2. The van der Waals surface area contributed by atoms with Crippen LogP contribution < -0.4 is 10.6 Å². The molecule has 1 fully saturated rings. The number of nitrogens with zero attached hydrogens (tertiary/aromatic N) is 2. The van der Waals surface area contributed by atoms with Crippen LogP contribution in [0.3, 0.4) is 0 Å². The van der Waals surface area contributed by atoms with Crippen molar-refractivity contribution in [3.05, 3.63) is 39.3 Å². The van der Waals surface area contributed by atoms with Crippen molar-refractivity contribution in [1.29, 1.82) is 0 Å². The second-order valence-electron chi connectivity index (χ2n) is 5.46. The second kappa shape index (κ2) is 8.68. The van der Waals surface area contributed by atoms with Crippen LogP contribution in [0, 0.1) is 0 Å². The number of carbonyl (C=O) groups excluding carboxylic acids is 2. The quantitative estimate of drug-likeness (QED) is 0.785. The first-order valence-corrected chi connectivity index (χ1v) is 9.48. The molecule has 138 valence electrons. The fourth-order valence-electron chi connectivity index (χ4n) is 2.31. The van der Waals surface area contributed by atoms with Crippen molar-refractivity contribution in [2.45, 2.75) is 0 Å². The molecule has 2 aromatic rings. The third-order valence-corrected chi connectivity index (χ3v) is 4.99. The molecule has 1 aromatic heterocycles. The molecule has 2 N–H and O–H groups in total. The lowest BCUT2D eigenvalue weighted by atomic mass is 10.3. The zero-order valence-corrected chi connectivity index (χ0v) is 16.0. The maximum Gasteiger partial charge on any atom is 0.271 e. The number of rotatable bonds is 5. The van der Waals surface area contributed by atoms with E-state index in [1.807, 2.05) is 0 Å². The number of aromatic nitrogens is 1. The Kier molecular flexibility index (Phi) is 6.31. The van der Waals surface area contributed by atoms with Crippen LogP contribution in [0.2, 0.25) is 10.0 Å². The van der Waals surface area contributed by atoms with Gasteiger partial charge in [0, 0.05) is 23.5 Å². The number of nitrogens with one attached hydrogen (secondary N) is 2. The molecule has 26 heavy (non-hydrogen) atoms. The van der Waals surface area contributed by atoms with E-state index < -0.39 is 5.91 Å². The zero-order valence-electron chi connectivity index (χ0n) is 13.6. The van der Waals surface area contributed by atoms with Crippen LogP contribution in [0.5, 0.6) is 0 Å². The number of anilines is 2. The Morgan fingerprint density at radius 3 is 2.81 bits per heavy atom. The lowest BCUT2D eigenvalue weighted by molar-refractivity contribution is -0.134. The minimum absolute atomic E-state index is 0.0702. The Bertz CT molecular complexity index is 809. The minimum atomic E-state index is -0.409. The van der Waals surface area contributed by atoms with Crippen LogP contribution in [0.25, 0.3) is 0 Å². The summed E-state index contributed by atoms with van der Waals surface area (Å²) in [4.78, 5) is 30.1. The van der Waals surface area contributed by atoms with E-state index in [1.165, 1.54) is 11.3 Å². The molecule has 0 unspecified atom stereocenters. The van der Waals surface area contributed by atoms with Gasteiger partial charge < -0.3 is 20.3 Å². The van der Waals surface area contributed by atoms with Gasteiger partial charge in [-0.1, -0.05) is 23.2 Å². The predicted molar refractivity (Wildman–Crippen MR) is 102 cm³/mol. The summed E-state index contributed by atoms with van der Waals surface area (Å²) >= 11 is 13.3. The Balaban J connectivity index is 1.56. The Morgan fingerprint density at radius 1 is 1.27 bits per heavy atom. The van der Waals surface area contributed by atoms with E-state index in [4.69, 9.17) is 27.9 Å². The van der Waals surface area contributed by atoms with Crippen LogP contribution in [-0.4, -0.2) is 54.5 Å². The van der Waals surface area contributed by atoms with E-state index in [2.05, 4.69) is 15.6 Å². The lowest BCUT2D eigenvalue weighted by Crippen LogP contribution is -2.45.